The van der Waals surface area contributed by atoms with E-state index in [1.54, 1.807) is 0 Å². The molecule has 20 heavy (non-hydrogen) atoms. The van der Waals surface area contributed by atoms with Gasteiger partial charge in [-0.25, -0.2) is 0 Å². The molecular weight excluding hydrogens is 296 g/mol. The van der Waals surface area contributed by atoms with Gasteiger partial charge in [0.25, 0.3) is 0 Å². The Morgan fingerprint density at radius 1 is 0.850 bits per heavy atom. The summed E-state index contributed by atoms with van der Waals surface area (Å²) in [6.45, 7) is 6.95. The van der Waals surface area contributed by atoms with Crippen LogP contribution in [0.25, 0.3) is 0 Å². The fourth-order valence-electron chi connectivity index (χ4n) is 2.02. The van der Waals surface area contributed by atoms with E-state index in [2.05, 4.69) is 48.8 Å². The molecule has 0 saturated carbocycles. The fourth-order valence-corrected chi connectivity index (χ4v) is 4.87. The lowest BCUT2D eigenvalue weighted by atomic mass is 10.1. The highest BCUT2D eigenvalue weighted by Gasteiger charge is 2.12. The lowest BCUT2D eigenvalue weighted by Gasteiger charge is -2.16. The molecule has 0 aromatic rings. The standard InChI is InChI=1S/C10H18SSi.C7H10S/c1-12(2,3)9-6-10-4-7-11-8-5-10;1-2-7-3-5-8-6-4-7/h10H,4-5,7-8H2,1-3H3;1,7H,3-6H2. The van der Waals surface area contributed by atoms with Crippen molar-refractivity contribution in [2.24, 2.45) is 11.8 Å². The summed E-state index contributed by atoms with van der Waals surface area (Å²) in [5, 5.41) is 0. The van der Waals surface area contributed by atoms with Crippen LogP contribution in [0, 0.1) is 35.6 Å². The Bertz CT molecular complexity index is 355. The van der Waals surface area contributed by atoms with E-state index in [1.165, 1.54) is 48.7 Å². The van der Waals surface area contributed by atoms with Crippen molar-refractivity contribution in [3.05, 3.63) is 0 Å². The van der Waals surface area contributed by atoms with Crippen LogP contribution in [-0.4, -0.2) is 31.1 Å². The molecule has 0 radical (unpaired) electrons. The molecule has 0 amide bonds. The van der Waals surface area contributed by atoms with Gasteiger partial charge in [-0.2, -0.15) is 23.5 Å². The molecule has 0 atom stereocenters. The van der Waals surface area contributed by atoms with Gasteiger partial charge < -0.3 is 0 Å². The van der Waals surface area contributed by atoms with Crippen molar-refractivity contribution in [2.75, 3.05) is 23.0 Å². The van der Waals surface area contributed by atoms with Crippen molar-refractivity contribution in [3.63, 3.8) is 0 Å². The Hall–Kier alpha value is 0.0369. The molecule has 2 aliphatic heterocycles. The van der Waals surface area contributed by atoms with Gasteiger partial charge in [0.2, 0.25) is 0 Å². The van der Waals surface area contributed by atoms with E-state index in [0.29, 0.717) is 5.92 Å². The maximum absolute atomic E-state index is 5.24. The van der Waals surface area contributed by atoms with E-state index >= 15 is 0 Å². The normalized spacial score (nSPS) is 20.9. The van der Waals surface area contributed by atoms with Crippen LogP contribution in [-0.2, 0) is 0 Å². The average Bonchev–Trinajstić information content (AvgIpc) is 2.47. The molecule has 112 valence electrons. The highest BCUT2D eigenvalue weighted by Crippen LogP contribution is 2.22. The first-order valence-corrected chi connectivity index (χ1v) is 13.5. The highest BCUT2D eigenvalue weighted by molar-refractivity contribution is 7.99. The van der Waals surface area contributed by atoms with Crippen molar-refractivity contribution in [3.8, 4) is 23.8 Å². The van der Waals surface area contributed by atoms with Gasteiger partial charge in [-0.3, -0.25) is 0 Å². The summed E-state index contributed by atoms with van der Waals surface area (Å²) in [6.07, 6.45) is 10.4. The molecule has 0 spiro atoms. The maximum Gasteiger partial charge on any atom is 0.129 e. The third-order valence-corrected chi connectivity index (χ3v) is 6.32. The van der Waals surface area contributed by atoms with Crippen LogP contribution >= 0.6 is 23.5 Å². The van der Waals surface area contributed by atoms with Crippen LogP contribution in [0.3, 0.4) is 0 Å². The minimum absolute atomic E-state index is 0.594. The first kappa shape index (κ1) is 18.1. The van der Waals surface area contributed by atoms with E-state index in [1.807, 2.05) is 11.8 Å². The molecule has 0 aromatic carbocycles. The van der Waals surface area contributed by atoms with Gasteiger partial charge in [0.15, 0.2) is 0 Å². The van der Waals surface area contributed by atoms with Gasteiger partial charge in [0, 0.05) is 11.8 Å². The third-order valence-electron chi connectivity index (χ3n) is 3.33. The average molecular weight is 325 g/mol. The lowest BCUT2D eigenvalue weighted by molar-refractivity contribution is 0.623. The Morgan fingerprint density at radius 2 is 1.30 bits per heavy atom. The Balaban J connectivity index is 0.000000217. The second kappa shape index (κ2) is 9.88. The summed E-state index contributed by atoms with van der Waals surface area (Å²) < 4.78 is 0. The first-order chi connectivity index (χ1) is 9.51. The summed E-state index contributed by atoms with van der Waals surface area (Å²) in [5.74, 6) is 12.8. The van der Waals surface area contributed by atoms with Crippen molar-refractivity contribution < 1.29 is 0 Å². The van der Waals surface area contributed by atoms with Crippen LogP contribution in [0.1, 0.15) is 25.7 Å². The van der Waals surface area contributed by atoms with E-state index < -0.39 is 8.07 Å². The first-order valence-electron chi connectivity index (χ1n) is 7.65. The molecule has 2 fully saturated rings. The van der Waals surface area contributed by atoms with E-state index in [4.69, 9.17) is 6.42 Å². The number of hydrogen-bond acceptors (Lipinski definition) is 2. The predicted octanol–water partition coefficient (Wildman–Crippen LogP) is 4.77. The molecule has 3 heteroatoms. The van der Waals surface area contributed by atoms with Gasteiger partial charge in [-0.15, -0.1) is 23.8 Å². The Kier molecular flexibility index (Phi) is 8.93. The number of thioether (sulfide) groups is 2. The molecule has 0 nitrogen and oxygen atoms in total. The van der Waals surface area contributed by atoms with Crippen molar-refractivity contribution in [2.45, 2.75) is 45.3 Å². The molecule has 2 aliphatic rings. The zero-order valence-electron chi connectivity index (χ0n) is 13.2. The van der Waals surface area contributed by atoms with Crippen LogP contribution in [0.15, 0.2) is 0 Å². The minimum atomic E-state index is -1.11. The number of hydrogen-bond donors (Lipinski definition) is 0. The summed E-state index contributed by atoms with van der Waals surface area (Å²) in [4.78, 5) is 0. The molecule has 0 aliphatic carbocycles. The van der Waals surface area contributed by atoms with Crippen LogP contribution in [0.4, 0.5) is 0 Å². The van der Waals surface area contributed by atoms with Crippen molar-refractivity contribution in [1.29, 1.82) is 0 Å². The predicted molar refractivity (Wildman–Crippen MR) is 100 cm³/mol. The summed E-state index contributed by atoms with van der Waals surface area (Å²) in [5.41, 5.74) is 3.47. The minimum Gasteiger partial charge on any atom is -0.162 e. The zero-order valence-corrected chi connectivity index (χ0v) is 15.8. The highest BCUT2D eigenvalue weighted by atomic mass is 32.2. The second-order valence-electron chi connectivity index (χ2n) is 6.46. The molecule has 0 unspecified atom stereocenters. The molecule has 2 heterocycles. The summed E-state index contributed by atoms with van der Waals surface area (Å²) >= 11 is 4.09. The van der Waals surface area contributed by atoms with Gasteiger partial charge in [-0.05, 0) is 48.7 Å². The largest absolute Gasteiger partial charge is 0.162 e. The van der Waals surface area contributed by atoms with Gasteiger partial charge in [0.1, 0.15) is 8.07 Å². The Morgan fingerprint density at radius 3 is 1.65 bits per heavy atom. The van der Waals surface area contributed by atoms with E-state index in [-0.39, 0.29) is 0 Å². The van der Waals surface area contributed by atoms with Gasteiger partial charge in [0.05, 0.1) is 0 Å². The molecule has 0 aromatic heterocycles. The van der Waals surface area contributed by atoms with Crippen molar-refractivity contribution in [1.82, 2.24) is 0 Å². The topological polar surface area (TPSA) is 0 Å². The molecule has 2 saturated heterocycles. The SMILES string of the molecule is C#CC1CCSCC1.C[Si](C)(C)C#CC1CCSCC1. The lowest BCUT2D eigenvalue weighted by Crippen LogP contribution is -2.17. The smallest absolute Gasteiger partial charge is 0.129 e. The van der Waals surface area contributed by atoms with Gasteiger partial charge in [-0.1, -0.05) is 19.6 Å². The van der Waals surface area contributed by atoms with Crippen molar-refractivity contribution >= 4 is 31.6 Å². The summed E-state index contributed by atoms with van der Waals surface area (Å²) in [6, 6.07) is 0. The Labute approximate surface area is 135 Å². The third kappa shape index (κ3) is 9.06. The monoisotopic (exact) mass is 324 g/mol. The second-order valence-corrected chi connectivity index (χ2v) is 13.7. The molecule has 0 N–H and O–H groups in total. The van der Waals surface area contributed by atoms with Crippen LogP contribution in [0.2, 0.25) is 19.6 Å². The number of rotatable bonds is 0. The molecule has 2 rings (SSSR count). The summed E-state index contributed by atoms with van der Waals surface area (Å²) in [7, 11) is -1.11. The van der Waals surface area contributed by atoms with Gasteiger partial charge >= 0.3 is 0 Å². The van der Waals surface area contributed by atoms with Crippen LogP contribution < -0.4 is 0 Å². The van der Waals surface area contributed by atoms with Crippen LogP contribution in [0.5, 0.6) is 0 Å². The zero-order chi connectivity index (χ0) is 14.8. The van der Waals surface area contributed by atoms with E-state index in [9.17, 15) is 0 Å². The number of terminal acetylenes is 1. The molecule has 0 bridgehead atoms. The molecular formula is C17H28S2Si. The fraction of sp³-hybridized carbons (Fsp3) is 0.765. The maximum atomic E-state index is 5.24. The van der Waals surface area contributed by atoms with E-state index in [0.717, 1.165) is 5.92 Å². The quantitative estimate of drug-likeness (QED) is 0.465.